The topological polar surface area (TPSA) is 46.2 Å². The monoisotopic (exact) mass is 183 g/mol. The third kappa shape index (κ3) is 1.98. The molecule has 13 heavy (non-hydrogen) atoms. The molecule has 1 atom stereocenters. The molecule has 2 nitrogen and oxygen atoms in total. The highest BCUT2D eigenvalue weighted by molar-refractivity contribution is 5.49. The van der Waals surface area contributed by atoms with Gasteiger partial charge in [-0.1, -0.05) is 26.0 Å². The fraction of sp³-hybridized carbons (Fsp3) is 0.400. The SMILES string of the molecule is CC(C)C(O)c1cccc(F)c1N. The minimum absolute atomic E-state index is 0.0316. The molecule has 0 aromatic heterocycles. The van der Waals surface area contributed by atoms with Gasteiger partial charge in [-0.15, -0.1) is 0 Å². The first-order valence-corrected chi connectivity index (χ1v) is 4.26. The molecule has 1 unspecified atom stereocenters. The van der Waals surface area contributed by atoms with Crippen LogP contribution in [0.25, 0.3) is 0 Å². The second-order valence-electron chi connectivity index (χ2n) is 3.43. The van der Waals surface area contributed by atoms with Crippen molar-refractivity contribution in [3.63, 3.8) is 0 Å². The number of benzene rings is 1. The first-order chi connectivity index (χ1) is 6.04. The van der Waals surface area contributed by atoms with Crippen LogP contribution in [0.5, 0.6) is 0 Å². The quantitative estimate of drug-likeness (QED) is 0.690. The normalized spacial score (nSPS) is 13.3. The van der Waals surface area contributed by atoms with Gasteiger partial charge in [0.05, 0.1) is 11.8 Å². The first kappa shape index (κ1) is 9.99. The van der Waals surface area contributed by atoms with Gasteiger partial charge < -0.3 is 10.8 Å². The molecule has 0 bridgehead atoms. The molecule has 0 saturated carbocycles. The van der Waals surface area contributed by atoms with Crippen LogP contribution >= 0.6 is 0 Å². The van der Waals surface area contributed by atoms with Gasteiger partial charge in [0.25, 0.3) is 0 Å². The Morgan fingerprint density at radius 2 is 2.00 bits per heavy atom. The predicted octanol–water partition coefficient (Wildman–Crippen LogP) is 2.10. The summed E-state index contributed by atoms with van der Waals surface area (Å²) < 4.78 is 13.0. The number of nitrogen functional groups attached to an aromatic ring is 1. The minimum Gasteiger partial charge on any atom is -0.396 e. The smallest absolute Gasteiger partial charge is 0.146 e. The van der Waals surface area contributed by atoms with Crippen molar-refractivity contribution >= 4 is 5.69 Å². The van der Waals surface area contributed by atoms with Crippen molar-refractivity contribution in [2.24, 2.45) is 5.92 Å². The number of hydrogen-bond donors (Lipinski definition) is 2. The zero-order valence-electron chi connectivity index (χ0n) is 7.79. The second-order valence-corrected chi connectivity index (χ2v) is 3.43. The highest BCUT2D eigenvalue weighted by Crippen LogP contribution is 2.27. The summed E-state index contributed by atoms with van der Waals surface area (Å²) in [4.78, 5) is 0. The van der Waals surface area contributed by atoms with Crippen molar-refractivity contribution in [1.82, 2.24) is 0 Å². The molecule has 1 aromatic rings. The molecule has 3 N–H and O–H groups in total. The molecular formula is C10H14FNO. The Kier molecular flexibility index (Phi) is 2.88. The number of halogens is 1. The Balaban J connectivity index is 3.07. The molecule has 1 rings (SSSR count). The molecule has 0 heterocycles. The van der Waals surface area contributed by atoms with Crippen LogP contribution in [0.2, 0.25) is 0 Å². The molecule has 0 fully saturated rings. The van der Waals surface area contributed by atoms with Gasteiger partial charge in [-0.25, -0.2) is 4.39 Å². The number of para-hydroxylation sites is 1. The summed E-state index contributed by atoms with van der Waals surface area (Å²) in [5.41, 5.74) is 6.00. The van der Waals surface area contributed by atoms with Crippen LogP contribution in [0, 0.1) is 11.7 Å². The molecule has 0 radical (unpaired) electrons. The Morgan fingerprint density at radius 3 is 2.54 bits per heavy atom. The van der Waals surface area contributed by atoms with Crippen molar-refractivity contribution in [3.05, 3.63) is 29.6 Å². The molecular weight excluding hydrogens is 169 g/mol. The van der Waals surface area contributed by atoms with Gasteiger partial charge in [0.1, 0.15) is 5.82 Å². The standard InChI is InChI=1S/C10H14FNO/c1-6(2)10(13)7-4-3-5-8(11)9(7)12/h3-6,10,13H,12H2,1-2H3. The molecule has 0 saturated heterocycles. The van der Waals surface area contributed by atoms with E-state index in [1.165, 1.54) is 6.07 Å². The fourth-order valence-electron chi connectivity index (χ4n) is 1.17. The number of rotatable bonds is 2. The molecule has 1 aromatic carbocycles. The first-order valence-electron chi connectivity index (χ1n) is 4.26. The lowest BCUT2D eigenvalue weighted by Crippen LogP contribution is -2.09. The van der Waals surface area contributed by atoms with E-state index in [9.17, 15) is 9.50 Å². The number of hydrogen-bond acceptors (Lipinski definition) is 2. The maximum absolute atomic E-state index is 13.0. The zero-order valence-corrected chi connectivity index (χ0v) is 7.79. The molecule has 0 amide bonds. The van der Waals surface area contributed by atoms with Crippen LogP contribution < -0.4 is 5.73 Å². The lowest BCUT2D eigenvalue weighted by atomic mass is 9.98. The van der Waals surface area contributed by atoms with Gasteiger partial charge in [0.15, 0.2) is 0 Å². The highest BCUT2D eigenvalue weighted by Gasteiger charge is 2.16. The summed E-state index contributed by atoms with van der Waals surface area (Å²) in [5, 5.41) is 9.66. The van der Waals surface area contributed by atoms with E-state index in [-0.39, 0.29) is 11.6 Å². The Labute approximate surface area is 77.2 Å². The maximum atomic E-state index is 13.0. The average Bonchev–Trinajstić information content (AvgIpc) is 2.08. The van der Waals surface area contributed by atoms with Gasteiger partial charge in [-0.2, -0.15) is 0 Å². The Morgan fingerprint density at radius 1 is 1.38 bits per heavy atom. The summed E-state index contributed by atoms with van der Waals surface area (Å²) in [5.74, 6) is -0.443. The minimum atomic E-state index is -0.698. The van der Waals surface area contributed by atoms with E-state index in [2.05, 4.69) is 0 Å². The molecule has 0 aliphatic carbocycles. The van der Waals surface area contributed by atoms with Gasteiger partial charge in [-0.05, 0) is 12.0 Å². The van der Waals surface area contributed by atoms with Crippen molar-refractivity contribution in [3.8, 4) is 0 Å². The highest BCUT2D eigenvalue weighted by atomic mass is 19.1. The average molecular weight is 183 g/mol. The van der Waals surface area contributed by atoms with Crippen molar-refractivity contribution < 1.29 is 9.50 Å². The fourth-order valence-corrected chi connectivity index (χ4v) is 1.17. The number of anilines is 1. The van der Waals surface area contributed by atoms with Gasteiger partial charge in [0, 0.05) is 5.56 Å². The van der Waals surface area contributed by atoms with Crippen molar-refractivity contribution in [2.45, 2.75) is 20.0 Å². The molecule has 0 spiro atoms. The molecule has 0 aliphatic rings. The van der Waals surface area contributed by atoms with Crippen molar-refractivity contribution in [2.75, 3.05) is 5.73 Å². The number of aliphatic hydroxyl groups is 1. The molecule has 72 valence electrons. The third-order valence-electron chi connectivity index (χ3n) is 2.04. The van der Waals surface area contributed by atoms with Crippen LogP contribution in [-0.2, 0) is 0 Å². The third-order valence-corrected chi connectivity index (χ3v) is 2.04. The van der Waals surface area contributed by atoms with Gasteiger partial charge in [-0.3, -0.25) is 0 Å². The van der Waals surface area contributed by atoms with Crippen LogP contribution in [0.15, 0.2) is 18.2 Å². The van der Waals surface area contributed by atoms with E-state index in [4.69, 9.17) is 5.73 Å². The van der Waals surface area contributed by atoms with Crippen LogP contribution in [0.4, 0.5) is 10.1 Å². The largest absolute Gasteiger partial charge is 0.396 e. The molecule has 0 aliphatic heterocycles. The predicted molar refractivity (Wildman–Crippen MR) is 50.6 cm³/mol. The number of aliphatic hydroxyl groups excluding tert-OH is 1. The zero-order chi connectivity index (χ0) is 10.0. The van der Waals surface area contributed by atoms with Gasteiger partial charge in [0.2, 0.25) is 0 Å². The second kappa shape index (κ2) is 3.75. The van der Waals surface area contributed by atoms with E-state index >= 15 is 0 Å². The Hall–Kier alpha value is -1.09. The number of nitrogens with two attached hydrogens (primary N) is 1. The van der Waals surface area contributed by atoms with E-state index in [1.54, 1.807) is 12.1 Å². The van der Waals surface area contributed by atoms with E-state index in [1.807, 2.05) is 13.8 Å². The van der Waals surface area contributed by atoms with E-state index in [0.29, 0.717) is 5.56 Å². The lowest BCUT2D eigenvalue weighted by Gasteiger charge is -2.16. The summed E-state index contributed by atoms with van der Waals surface area (Å²) in [7, 11) is 0. The van der Waals surface area contributed by atoms with Crippen molar-refractivity contribution in [1.29, 1.82) is 0 Å². The van der Waals surface area contributed by atoms with Crippen LogP contribution in [0.3, 0.4) is 0 Å². The molecule has 3 heteroatoms. The van der Waals surface area contributed by atoms with Gasteiger partial charge >= 0.3 is 0 Å². The van der Waals surface area contributed by atoms with E-state index < -0.39 is 11.9 Å². The van der Waals surface area contributed by atoms with Crippen LogP contribution in [-0.4, -0.2) is 5.11 Å². The summed E-state index contributed by atoms with van der Waals surface area (Å²) in [6.07, 6.45) is -0.698. The maximum Gasteiger partial charge on any atom is 0.146 e. The summed E-state index contributed by atoms with van der Waals surface area (Å²) in [6, 6.07) is 4.47. The Bertz CT molecular complexity index is 299. The lowest BCUT2D eigenvalue weighted by molar-refractivity contribution is 0.127. The summed E-state index contributed by atoms with van der Waals surface area (Å²) in [6.45, 7) is 3.71. The van der Waals surface area contributed by atoms with Crippen LogP contribution in [0.1, 0.15) is 25.5 Å². The van der Waals surface area contributed by atoms with E-state index in [0.717, 1.165) is 0 Å². The summed E-state index contributed by atoms with van der Waals surface area (Å²) >= 11 is 0.